The number of carbonyl (C=O) groups is 1. The van der Waals surface area contributed by atoms with Crippen LogP contribution in [0.25, 0.3) is 0 Å². The van der Waals surface area contributed by atoms with Crippen LogP contribution in [0, 0.1) is 12.7 Å². The van der Waals surface area contributed by atoms with Crippen molar-refractivity contribution in [1.82, 2.24) is 9.97 Å². The number of benzene rings is 1. The molecule has 92 valence electrons. The maximum absolute atomic E-state index is 13.1. The second kappa shape index (κ2) is 4.79. The van der Waals surface area contributed by atoms with Crippen LogP contribution < -0.4 is 11.1 Å². The second-order valence-corrected chi connectivity index (χ2v) is 3.74. The number of nitrogens with two attached hydrogens (primary N) is 1. The van der Waals surface area contributed by atoms with Crippen molar-refractivity contribution < 1.29 is 9.18 Å². The van der Waals surface area contributed by atoms with Gasteiger partial charge in [-0.25, -0.2) is 9.37 Å². The van der Waals surface area contributed by atoms with Crippen LogP contribution in [0.3, 0.4) is 0 Å². The predicted octanol–water partition coefficient (Wildman–Crippen LogP) is 1.76. The second-order valence-electron chi connectivity index (χ2n) is 3.74. The summed E-state index contributed by atoms with van der Waals surface area (Å²) in [6.45, 7) is 1.76. The van der Waals surface area contributed by atoms with Crippen LogP contribution in [0.4, 0.5) is 15.9 Å². The van der Waals surface area contributed by atoms with Crippen LogP contribution in [0.5, 0.6) is 0 Å². The van der Waals surface area contributed by atoms with Crippen molar-refractivity contribution in [3.63, 3.8) is 0 Å². The average molecular weight is 246 g/mol. The van der Waals surface area contributed by atoms with Crippen LogP contribution in [0.2, 0.25) is 0 Å². The molecule has 0 saturated carbocycles. The van der Waals surface area contributed by atoms with E-state index in [0.717, 1.165) is 5.56 Å². The van der Waals surface area contributed by atoms with E-state index in [2.05, 4.69) is 15.3 Å². The van der Waals surface area contributed by atoms with Gasteiger partial charge in [-0.3, -0.25) is 9.78 Å². The summed E-state index contributed by atoms with van der Waals surface area (Å²) >= 11 is 0. The molecule has 6 heteroatoms. The van der Waals surface area contributed by atoms with E-state index in [1.54, 1.807) is 13.0 Å². The van der Waals surface area contributed by atoms with Crippen LogP contribution in [0.1, 0.15) is 16.1 Å². The molecule has 1 aromatic carbocycles. The summed E-state index contributed by atoms with van der Waals surface area (Å²) in [5.41, 5.74) is 6.66. The molecule has 1 heterocycles. The van der Waals surface area contributed by atoms with Gasteiger partial charge in [-0.1, -0.05) is 6.07 Å². The lowest BCUT2D eigenvalue weighted by Crippen LogP contribution is -2.15. The van der Waals surface area contributed by atoms with E-state index in [1.165, 1.54) is 24.5 Å². The Morgan fingerprint density at radius 3 is 2.89 bits per heavy atom. The summed E-state index contributed by atoms with van der Waals surface area (Å²) in [5, 5.41) is 2.56. The van der Waals surface area contributed by atoms with Gasteiger partial charge in [0.05, 0.1) is 12.4 Å². The van der Waals surface area contributed by atoms with Crippen LogP contribution in [0.15, 0.2) is 30.6 Å². The molecule has 0 bridgehead atoms. The molecule has 0 aliphatic heterocycles. The molecule has 5 nitrogen and oxygen atoms in total. The maximum Gasteiger partial charge on any atom is 0.275 e. The smallest absolute Gasteiger partial charge is 0.275 e. The van der Waals surface area contributed by atoms with E-state index in [1.807, 2.05) is 0 Å². The first-order valence-electron chi connectivity index (χ1n) is 5.21. The van der Waals surface area contributed by atoms with Crippen molar-refractivity contribution in [3.8, 4) is 0 Å². The summed E-state index contributed by atoms with van der Waals surface area (Å²) in [6, 6.07) is 4.15. The molecule has 0 spiro atoms. The van der Waals surface area contributed by atoms with E-state index < -0.39 is 11.7 Å². The van der Waals surface area contributed by atoms with E-state index in [-0.39, 0.29) is 11.5 Å². The van der Waals surface area contributed by atoms with Gasteiger partial charge >= 0.3 is 0 Å². The fourth-order valence-corrected chi connectivity index (χ4v) is 1.41. The highest BCUT2D eigenvalue weighted by atomic mass is 19.1. The van der Waals surface area contributed by atoms with Crippen molar-refractivity contribution in [3.05, 3.63) is 47.7 Å². The first-order chi connectivity index (χ1) is 8.56. The van der Waals surface area contributed by atoms with Gasteiger partial charge in [-0.05, 0) is 24.6 Å². The Morgan fingerprint density at radius 1 is 1.39 bits per heavy atom. The van der Waals surface area contributed by atoms with E-state index in [4.69, 9.17) is 5.73 Å². The largest absolute Gasteiger partial charge is 0.382 e. The Hall–Kier alpha value is -2.50. The van der Waals surface area contributed by atoms with E-state index in [9.17, 15) is 9.18 Å². The van der Waals surface area contributed by atoms with Crippen LogP contribution in [-0.4, -0.2) is 15.9 Å². The molecule has 0 atom stereocenters. The molecular formula is C12H11FN4O. The van der Waals surface area contributed by atoms with Crippen molar-refractivity contribution in [2.45, 2.75) is 6.92 Å². The molecule has 0 unspecified atom stereocenters. The van der Waals surface area contributed by atoms with E-state index >= 15 is 0 Å². The molecule has 2 aromatic rings. The number of nitrogens with one attached hydrogen (secondary N) is 1. The minimum atomic E-state index is -0.483. The van der Waals surface area contributed by atoms with Crippen molar-refractivity contribution in [1.29, 1.82) is 0 Å². The molecular weight excluding hydrogens is 235 g/mol. The number of carbonyl (C=O) groups excluding carboxylic acids is 1. The zero-order valence-electron chi connectivity index (χ0n) is 9.64. The number of hydrogen-bond donors (Lipinski definition) is 2. The standard InChI is InChI=1S/C12H11FN4O/c1-7-2-3-8(13)4-9(7)17-12(18)10-5-15-6-11(14)16-10/h2-6H,1H3,(H2,14,16)(H,17,18). The monoisotopic (exact) mass is 246 g/mol. The molecule has 0 radical (unpaired) electrons. The normalized spacial score (nSPS) is 10.1. The van der Waals surface area contributed by atoms with Crippen molar-refractivity contribution >= 4 is 17.4 Å². The van der Waals surface area contributed by atoms with Gasteiger partial charge < -0.3 is 11.1 Å². The summed E-state index contributed by atoms with van der Waals surface area (Å²) < 4.78 is 13.1. The molecule has 0 aliphatic carbocycles. The fourth-order valence-electron chi connectivity index (χ4n) is 1.41. The van der Waals surface area contributed by atoms with E-state index in [0.29, 0.717) is 5.69 Å². The summed E-state index contributed by atoms with van der Waals surface area (Å²) in [5.74, 6) is -0.753. The summed E-state index contributed by atoms with van der Waals surface area (Å²) in [4.78, 5) is 19.4. The molecule has 0 fully saturated rings. The summed E-state index contributed by atoms with van der Waals surface area (Å²) in [7, 11) is 0. The minimum Gasteiger partial charge on any atom is -0.382 e. The SMILES string of the molecule is Cc1ccc(F)cc1NC(=O)c1cncc(N)n1. The van der Waals surface area contributed by atoms with Gasteiger partial charge in [0.15, 0.2) is 0 Å². The highest BCUT2D eigenvalue weighted by Gasteiger charge is 2.10. The minimum absolute atomic E-state index is 0.0821. The topological polar surface area (TPSA) is 80.9 Å². The lowest BCUT2D eigenvalue weighted by Gasteiger charge is -2.07. The number of aromatic nitrogens is 2. The summed E-state index contributed by atoms with van der Waals surface area (Å²) in [6.07, 6.45) is 2.63. The maximum atomic E-state index is 13.1. The Labute approximate surface area is 103 Å². The third-order valence-corrected chi connectivity index (χ3v) is 2.33. The number of nitrogens with zero attached hydrogens (tertiary/aromatic N) is 2. The van der Waals surface area contributed by atoms with Crippen LogP contribution in [-0.2, 0) is 0 Å². The lowest BCUT2D eigenvalue weighted by molar-refractivity contribution is 0.102. The average Bonchev–Trinajstić information content (AvgIpc) is 2.34. The first-order valence-corrected chi connectivity index (χ1v) is 5.21. The molecule has 2 rings (SSSR count). The highest BCUT2D eigenvalue weighted by Crippen LogP contribution is 2.16. The lowest BCUT2D eigenvalue weighted by atomic mass is 10.2. The zero-order valence-corrected chi connectivity index (χ0v) is 9.64. The number of anilines is 2. The highest BCUT2D eigenvalue weighted by molar-refractivity contribution is 6.03. The van der Waals surface area contributed by atoms with Gasteiger partial charge in [0.1, 0.15) is 17.3 Å². The quantitative estimate of drug-likeness (QED) is 0.846. The Kier molecular flexibility index (Phi) is 3.18. The number of halogens is 1. The number of nitrogen functional groups attached to an aromatic ring is 1. The third kappa shape index (κ3) is 2.60. The van der Waals surface area contributed by atoms with Gasteiger partial charge in [0.2, 0.25) is 0 Å². The number of amides is 1. The Balaban J connectivity index is 2.24. The molecule has 1 aromatic heterocycles. The predicted molar refractivity (Wildman–Crippen MR) is 65.5 cm³/mol. The number of rotatable bonds is 2. The molecule has 0 saturated heterocycles. The zero-order chi connectivity index (χ0) is 13.1. The molecule has 18 heavy (non-hydrogen) atoms. The van der Waals surface area contributed by atoms with Gasteiger partial charge in [0, 0.05) is 5.69 Å². The van der Waals surface area contributed by atoms with Crippen molar-refractivity contribution in [2.24, 2.45) is 0 Å². The Morgan fingerprint density at radius 2 is 2.17 bits per heavy atom. The number of hydrogen-bond acceptors (Lipinski definition) is 4. The van der Waals surface area contributed by atoms with Gasteiger partial charge in [-0.15, -0.1) is 0 Å². The van der Waals surface area contributed by atoms with Gasteiger partial charge in [0.25, 0.3) is 5.91 Å². The van der Waals surface area contributed by atoms with Gasteiger partial charge in [-0.2, -0.15) is 0 Å². The van der Waals surface area contributed by atoms with Crippen LogP contribution >= 0.6 is 0 Å². The molecule has 0 aliphatic rings. The first kappa shape index (κ1) is 12.0. The molecule has 1 amide bonds. The number of aryl methyl sites for hydroxylation is 1. The Bertz CT molecular complexity index is 600. The fraction of sp³-hybridized carbons (Fsp3) is 0.0833. The molecule has 3 N–H and O–H groups in total. The third-order valence-electron chi connectivity index (χ3n) is 2.33. The van der Waals surface area contributed by atoms with Crippen molar-refractivity contribution in [2.75, 3.05) is 11.1 Å².